The highest BCUT2D eigenvalue weighted by atomic mass is 28.3. The number of hydrogen-bond donors (Lipinski definition) is 2. The average molecular weight is 461 g/mol. The SMILES string of the molecule is C=CC(C)NC(=O)OCC(NC(=O)OCc1ccccc1)C(C)/C=C/[Si](C)(C)C(C)(C)C. The predicted molar refractivity (Wildman–Crippen MR) is 133 cm³/mol. The summed E-state index contributed by atoms with van der Waals surface area (Å²) in [6.07, 6.45) is 2.63. The summed E-state index contributed by atoms with van der Waals surface area (Å²) < 4.78 is 10.7. The molecule has 0 bridgehead atoms. The molecule has 6 nitrogen and oxygen atoms in total. The minimum Gasteiger partial charge on any atom is -0.447 e. The van der Waals surface area contributed by atoms with Crippen LogP contribution in [0.5, 0.6) is 0 Å². The average Bonchev–Trinajstić information content (AvgIpc) is 2.73. The van der Waals surface area contributed by atoms with Crippen molar-refractivity contribution in [2.75, 3.05) is 6.61 Å². The van der Waals surface area contributed by atoms with Crippen molar-refractivity contribution >= 4 is 20.3 Å². The standard InChI is InChI=1S/C25H40N2O4Si/c1-9-20(3)26-23(28)31-18-22(19(2)15-16-32(7,8)25(4,5)6)27-24(29)30-17-21-13-11-10-12-14-21/h9-16,19-20,22H,1,17-18H2,2-8H3,(H,26,28)(H,27,29)/b16-15+. The van der Waals surface area contributed by atoms with Crippen molar-refractivity contribution in [1.82, 2.24) is 10.6 Å². The first-order valence-electron chi connectivity index (χ1n) is 11.1. The van der Waals surface area contributed by atoms with E-state index in [-0.39, 0.29) is 30.2 Å². The zero-order valence-electron chi connectivity index (χ0n) is 20.6. The molecule has 0 aliphatic heterocycles. The van der Waals surface area contributed by atoms with Crippen molar-refractivity contribution in [2.45, 2.75) is 71.4 Å². The first kappa shape index (κ1) is 27.5. The number of benzene rings is 1. The molecule has 1 aromatic carbocycles. The molecule has 2 N–H and O–H groups in total. The molecule has 0 aromatic heterocycles. The Kier molecular flexibility index (Phi) is 10.7. The van der Waals surface area contributed by atoms with Crippen molar-refractivity contribution < 1.29 is 19.1 Å². The van der Waals surface area contributed by atoms with Crippen LogP contribution >= 0.6 is 0 Å². The predicted octanol–water partition coefficient (Wildman–Crippen LogP) is 5.82. The number of alkyl carbamates (subject to hydrolysis) is 2. The second-order valence-corrected chi connectivity index (χ2v) is 15.0. The van der Waals surface area contributed by atoms with Gasteiger partial charge in [-0.1, -0.05) is 89.0 Å². The first-order valence-corrected chi connectivity index (χ1v) is 14.2. The van der Waals surface area contributed by atoms with Crippen molar-refractivity contribution in [1.29, 1.82) is 0 Å². The Morgan fingerprint density at radius 2 is 1.66 bits per heavy atom. The van der Waals surface area contributed by atoms with Gasteiger partial charge in [-0.05, 0) is 23.4 Å². The molecule has 1 rings (SSSR count). The molecule has 0 saturated heterocycles. The zero-order valence-corrected chi connectivity index (χ0v) is 21.6. The summed E-state index contributed by atoms with van der Waals surface area (Å²) in [6.45, 7) is 19.0. The van der Waals surface area contributed by atoms with E-state index in [1.165, 1.54) is 0 Å². The summed E-state index contributed by atoms with van der Waals surface area (Å²) in [5, 5.41) is 5.73. The normalized spacial score (nSPS) is 14.8. The number of carbonyl (C=O) groups excluding carboxylic acids is 2. The fourth-order valence-corrected chi connectivity index (χ4v) is 3.75. The second kappa shape index (κ2) is 12.5. The van der Waals surface area contributed by atoms with Crippen molar-refractivity contribution in [3.8, 4) is 0 Å². The number of rotatable bonds is 10. The van der Waals surface area contributed by atoms with Crippen molar-refractivity contribution in [3.05, 3.63) is 60.3 Å². The second-order valence-electron chi connectivity index (χ2n) is 9.77. The smallest absolute Gasteiger partial charge is 0.407 e. The molecule has 0 heterocycles. The molecule has 0 spiro atoms. The molecular weight excluding hydrogens is 420 g/mol. The number of hydrogen-bond acceptors (Lipinski definition) is 4. The molecule has 3 unspecified atom stereocenters. The fraction of sp³-hybridized carbons (Fsp3) is 0.520. The molecule has 1 aromatic rings. The van der Waals surface area contributed by atoms with Gasteiger partial charge >= 0.3 is 12.2 Å². The highest BCUT2D eigenvalue weighted by Crippen LogP contribution is 2.36. The van der Waals surface area contributed by atoms with Crippen molar-refractivity contribution in [3.63, 3.8) is 0 Å². The van der Waals surface area contributed by atoms with Gasteiger partial charge in [-0.15, -0.1) is 6.58 Å². The summed E-state index contributed by atoms with van der Waals surface area (Å²) in [4.78, 5) is 24.5. The lowest BCUT2D eigenvalue weighted by molar-refractivity contribution is 0.108. The third-order valence-electron chi connectivity index (χ3n) is 5.99. The largest absolute Gasteiger partial charge is 0.447 e. The number of amides is 2. The Morgan fingerprint density at radius 3 is 2.22 bits per heavy atom. The van der Waals surface area contributed by atoms with Gasteiger partial charge < -0.3 is 20.1 Å². The van der Waals surface area contributed by atoms with Crippen LogP contribution in [-0.4, -0.2) is 39.0 Å². The van der Waals surface area contributed by atoms with Crippen LogP contribution in [0.3, 0.4) is 0 Å². The van der Waals surface area contributed by atoms with Crippen LogP contribution in [0.15, 0.2) is 54.8 Å². The first-order chi connectivity index (χ1) is 14.9. The molecule has 0 aliphatic carbocycles. The number of ether oxygens (including phenoxy) is 2. The zero-order chi connectivity index (χ0) is 24.4. The monoisotopic (exact) mass is 460 g/mol. The molecule has 32 heavy (non-hydrogen) atoms. The molecule has 3 atom stereocenters. The van der Waals surface area contributed by atoms with Gasteiger partial charge in [-0.25, -0.2) is 9.59 Å². The quantitative estimate of drug-likeness (QED) is 0.341. The Morgan fingerprint density at radius 1 is 1.06 bits per heavy atom. The summed E-state index contributed by atoms with van der Waals surface area (Å²) in [5.74, 6) is -0.0574. The van der Waals surface area contributed by atoms with Gasteiger partial charge in [-0.2, -0.15) is 0 Å². The highest BCUT2D eigenvalue weighted by molar-refractivity contribution is 6.84. The maximum Gasteiger partial charge on any atom is 0.407 e. The summed E-state index contributed by atoms with van der Waals surface area (Å²) >= 11 is 0. The van der Waals surface area contributed by atoms with E-state index in [0.717, 1.165) is 5.56 Å². The van der Waals surface area contributed by atoms with Gasteiger partial charge in [0.1, 0.15) is 13.2 Å². The van der Waals surface area contributed by atoms with Crippen LogP contribution in [0.1, 0.15) is 40.2 Å². The maximum absolute atomic E-state index is 12.4. The van der Waals surface area contributed by atoms with Crippen LogP contribution in [0.25, 0.3) is 0 Å². The van der Waals surface area contributed by atoms with E-state index >= 15 is 0 Å². The van der Waals surface area contributed by atoms with Gasteiger partial charge in [0.2, 0.25) is 0 Å². The number of nitrogens with one attached hydrogen (secondary N) is 2. The minimum atomic E-state index is -1.64. The maximum atomic E-state index is 12.4. The lowest BCUT2D eigenvalue weighted by Crippen LogP contribution is -2.44. The summed E-state index contributed by atoms with van der Waals surface area (Å²) in [6, 6.07) is 8.84. The third kappa shape index (κ3) is 9.72. The van der Waals surface area contributed by atoms with E-state index < -0.39 is 26.3 Å². The Hall–Kier alpha value is -2.54. The number of carbonyl (C=O) groups is 2. The van der Waals surface area contributed by atoms with E-state index in [1.54, 1.807) is 13.0 Å². The Bertz CT molecular complexity index is 772. The van der Waals surface area contributed by atoms with Gasteiger partial charge in [0.25, 0.3) is 0 Å². The van der Waals surface area contributed by atoms with Gasteiger partial charge in [0.05, 0.1) is 14.1 Å². The Labute approximate surface area is 194 Å². The van der Waals surface area contributed by atoms with Gasteiger partial charge in [-0.3, -0.25) is 0 Å². The molecule has 7 heteroatoms. The molecule has 178 valence electrons. The van der Waals surface area contributed by atoms with Crippen LogP contribution in [0.2, 0.25) is 18.1 Å². The van der Waals surface area contributed by atoms with Crippen LogP contribution in [0, 0.1) is 5.92 Å². The topological polar surface area (TPSA) is 76.7 Å². The Balaban J connectivity index is 2.83. The molecule has 0 radical (unpaired) electrons. The van der Waals surface area contributed by atoms with Gasteiger partial charge in [0.15, 0.2) is 0 Å². The molecule has 0 aliphatic rings. The van der Waals surface area contributed by atoms with E-state index in [2.05, 4.69) is 62.9 Å². The molecular formula is C25H40N2O4Si. The summed E-state index contributed by atoms with van der Waals surface area (Å²) in [5.41, 5.74) is 3.20. The van der Waals surface area contributed by atoms with Gasteiger partial charge in [0, 0.05) is 6.04 Å². The molecule has 0 fully saturated rings. The molecule has 0 saturated carbocycles. The summed E-state index contributed by atoms with van der Waals surface area (Å²) in [7, 11) is -1.64. The van der Waals surface area contributed by atoms with E-state index in [9.17, 15) is 9.59 Å². The van der Waals surface area contributed by atoms with E-state index in [0.29, 0.717) is 0 Å². The van der Waals surface area contributed by atoms with E-state index in [4.69, 9.17) is 9.47 Å². The lowest BCUT2D eigenvalue weighted by atomic mass is 10.0. The third-order valence-corrected chi connectivity index (χ3v) is 10.9. The minimum absolute atomic E-state index is 0.0269. The highest BCUT2D eigenvalue weighted by Gasteiger charge is 2.33. The fourth-order valence-electron chi connectivity index (χ4n) is 2.47. The van der Waals surface area contributed by atoms with Crippen LogP contribution < -0.4 is 10.6 Å². The molecule has 2 amide bonds. The van der Waals surface area contributed by atoms with Crippen molar-refractivity contribution in [2.24, 2.45) is 5.92 Å². The lowest BCUT2D eigenvalue weighted by Gasteiger charge is -2.34. The van der Waals surface area contributed by atoms with Crippen LogP contribution in [0.4, 0.5) is 9.59 Å². The van der Waals surface area contributed by atoms with E-state index in [1.807, 2.05) is 37.3 Å². The van der Waals surface area contributed by atoms with Crippen LogP contribution in [-0.2, 0) is 16.1 Å².